The second-order valence-corrected chi connectivity index (χ2v) is 8.51. The number of imide groups is 1. The van der Waals surface area contributed by atoms with Crippen LogP contribution in [0.25, 0.3) is 0 Å². The van der Waals surface area contributed by atoms with Crippen molar-refractivity contribution in [1.29, 1.82) is 0 Å². The molecule has 2 aromatic rings. The van der Waals surface area contributed by atoms with Crippen LogP contribution in [-0.4, -0.2) is 47.7 Å². The monoisotopic (exact) mass is 437 g/mol. The Bertz CT molecular complexity index is 1030. The van der Waals surface area contributed by atoms with E-state index >= 15 is 0 Å². The molecule has 1 fully saturated rings. The van der Waals surface area contributed by atoms with E-state index in [1.165, 1.54) is 5.56 Å². The van der Waals surface area contributed by atoms with Crippen LogP contribution in [-0.2, 0) is 22.4 Å². The van der Waals surface area contributed by atoms with Gasteiger partial charge in [-0.25, -0.2) is 4.79 Å². The van der Waals surface area contributed by atoms with E-state index in [1.54, 1.807) is 19.1 Å². The quantitative estimate of drug-likeness (QED) is 0.618. The minimum atomic E-state index is -1.13. The van der Waals surface area contributed by atoms with Crippen LogP contribution in [0.1, 0.15) is 31.4 Å². The van der Waals surface area contributed by atoms with Gasteiger partial charge in [-0.1, -0.05) is 36.4 Å². The lowest BCUT2D eigenvalue weighted by Crippen LogP contribution is -2.47. The minimum Gasteiger partial charge on any atom is -0.454 e. The number of ether oxygens (including phenoxy) is 2. The molecule has 2 atom stereocenters. The number of hydrogen-bond acceptors (Lipinski definition) is 5. The van der Waals surface area contributed by atoms with Gasteiger partial charge >= 0.3 is 6.03 Å². The zero-order valence-electron chi connectivity index (χ0n) is 18.2. The number of benzene rings is 2. The molecule has 0 saturated carbocycles. The zero-order valence-corrected chi connectivity index (χ0v) is 18.2. The van der Waals surface area contributed by atoms with Crippen molar-refractivity contribution in [2.45, 2.75) is 44.7 Å². The molecule has 0 aliphatic carbocycles. The summed E-state index contributed by atoms with van der Waals surface area (Å²) in [5.74, 6) is 0.484. The summed E-state index contributed by atoms with van der Waals surface area (Å²) in [6, 6.07) is 14.8. The highest BCUT2D eigenvalue weighted by atomic mass is 16.7. The summed E-state index contributed by atoms with van der Waals surface area (Å²) >= 11 is 0. The maximum Gasteiger partial charge on any atom is 0.325 e. The highest BCUT2D eigenvalue weighted by Crippen LogP contribution is 2.34. The molecule has 2 N–H and O–H groups in total. The topological polar surface area (TPSA) is 97.0 Å². The Morgan fingerprint density at radius 2 is 1.88 bits per heavy atom. The first kappa shape index (κ1) is 21.7. The largest absolute Gasteiger partial charge is 0.454 e. The molecular weight excluding hydrogens is 410 g/mol. The molecule has 0 spiro atoms. The molecule has 2 heterocycles. The van der Waals surface area contributed by atoms with Crippen LogP contribution in [0.2, 0.25) is 0 Å². The van der Waals surface area contributed by atoms with Gasteiger partial charge in [-0.2, -0.15) is 0 Å². The van der Waals surface area contributed by atoms with Crippen LogP contribution < -0.4 is 20.1 Å². The number of nitrogens with one attached hydrogen (secondary N) is 2. The molecule has 0 unspecified atom stereocenters. The molecule has 0 bridgehead atoms. The molecular formula is C24H27N3O5. The van der Waals surface area contributed by atoms with Gasteiger partial charge in [0.2, 0.25) is 12.7 Å². The van der Waals surface area contributed by atoms with Crippen LogP contribution in [0.15, 0.2) is 48.5 Å². The van der Waals surface area contributed by atoms with E-state index in [0.717, 1.165) is 23.3 Å². The van der Waals surface area contributed by atoms with Crippen LogP contribution >= 0.6 is 0 Å². The summed E-state index contributed by atoms with van der Waals surface area (Å²) in [5.41, 5.74) is 0.887. The molecule has 2 aliphatic heterocycles. The van der Waals surface area contributed by atoms with Gasteiger partial charge in [0.15, 0.2) is 11.5 Å². The van der Waals surface area contributed by atoms with Crippen LogP contribution in [0.3, 0.4) is 0 Å². The number of fused-ring (bicyclic) bond motifs is 1. The summed E-state index contributed by atoms with van der Waals surface area (Å²) in [6.07, 6.45) is 1.87. The number of urea groups is 1. The third-order valence-corrected chi connectivity index (χ3v) is 5.76. The van der Waals surface area contributed by atoms with Crippen molar-refractivity contribution >= 4 is 17.8 Å². The second kappa shape index (κ2) is 8.90. The van der Waals surface area contributed by atoms with E-state index in [1.807, 2.05) is 43.3 Å². The van der Waals surface area contributed by atoms with Crippen LogP contribution in [0.4, 0.5) is 4.79 Å². The molecule has 8 nitrogen and oxygen atoms in total. The Morgan fingerprint density at radius 1 is 1.12 bits per heavy atom. The average Bonchev–Trinajstić information content (AvgIpc) is 3.31. The van der Waals surface area contributed by atoms with Gasteiger partial charge in [-0.15, -0.1) is 0 Å². The van der Waals surface area contributed by atoms with Crippen molar-refractivity contribution in [1.82, 2.24) is 15.5 Å². The summed E-state index contributed by atoms with van der Waals surface area (Å²) in [4.78, 5) is 39.0. The summed E-state index contributed by atoms with van der Waals surface area (Å²) in [7, 11) is 0. The number of carbonyl (C=O) groups excluding carboxylic acids is 3. The van der Waals surface area contributed by atoms with Crippen molar-refractivity contribution in [3.8, 4) is 11.5 Å². The average molecular weight is 437 g/mol. The zero-order chi connectivity index (χ0) is 22.7. The lowest BCUT2D eigenvalue weighted by molar-refractivity contribution is -0.134. The third-order valence-electron chi connectivity index (χ3n) is 5.76. The van der Waals surface area contributed by atoms with E-state index < -0.39 is 17.5 Å². The van der Waals surface area contributed by atoms with Gasteiger partial charge in [-0.3, -0.25) is 14.5 Å². The van der Waals surface area contributed by atoms with E-state index in [-0.39, 0.29) is 31.7 Å². The standard InChI is InChI=1S/C24H27N3O5/c1-16(8-9-17-6-4-3-5-7-17)25-21(28)14-27-22(29)24(2,26-23(27)30)13-18-10-11-19-20(12-18)32-15-31-19/h3-7,10-12,16H,8-9,13-15H2,1-2H3,(H,25,28)(H,26,30)/t16-,24+/m0/s1. The van der Waals surface area contributed by atoms with Gasteiger partial charge in [0.1, 0.15) is 12.1 Å². The molecule has 4 amide bonds. The Balaban J connectivity index is 1.32. The molecule has 168 valence electrons. The SMILES string of the molecule is C[C@@H](CCc1ccccc1)NC(=O)CN1C(=O)N[C@](C)(Cc2ccc3c(c2)OCO3)C1=O. The third kappa shape index (κ3) is 4.69. The van der Waals surface area contributed by atoms with Gasteiger partial charge in [-0.05, 0) is 49.9 Å². The van der Waals surface area contributed by atoms with Crippen molar-refractivity contribution in [2.75, 3.05) is 13.3 Å². The van der Waals surface area contributed by atoms with Crippen molar-refractivity contribution in [3.05, 3.63) is 59.7 Å². The molecule has 4 rings (SSSR count). The smallest absolute Gasteiger partial charge is 0.325 e. The minimum absolute atomic E-state index is 0.0801. The van der Waals surface area contributed by atoms with Gasteiger partial charge in [0.25, 0.3) is 5.91 Å². The number of amides is 4. The van der Waals surface area contributed by atoms with Crippen molar-refractivity contribution < 1.29 is 23.9 Å². The molecule has 0 aromatic heterocycles. The van der Waals surface area contributed by atoms with Crippen molar-refractivity contribution in [2.24, 2.45) is 0 Å². The molecule has 1 saturated heterocycles. The molecule has 2 aliphatic rings. The molecule has 8 heteroatoms. The van der Waals surface area contributed by atoms with Gasteiger partial charge in [0, 0.05) is 12.5 Å². The first-order valence-corrected chi connectivity index (χ1v) is 10.7. The van der Waals surface area contributed by atoms with Gasteiger partial charge < -0.3 is 20.1 Å². The predicted octanol–water partition coefficient (Wildman–Crippen LogP) is 2.41. The first-order chi connectivity index (χ1) is 15.3. The number of nitrogens with zero attached hydrogens (tertiary/aromatic N) is 1. The number of rotatable bonds is 8. The Labute approximate surface area is 186 Å². The fourth-order valence-corrected chi connectivity index (χ4v) is 4.03. The lowest BCUT2D eigenvalue weighted by atomic mass is 9.92. The highest BCUT2D eigenvalue weighted by Gasteiger charge is 2.48. The fraction of sp³-hybridized carbons (Fsp3) is 0.375. The van der Waals surface area contributed by atoms with E-state index in [0.29, 0.717) is 11.5 Å². The number of carbonyl (C=O) groups is 3. The Hall–Kier alpha value is -3.55. The van der Waals surface area contributed by atoms with Crippen LogP contribution in [0.5, 0.6) is 11.5 Å². The first-order valence-electron chi connectivity index (χ1n) is 10.7. The lowest BCUT2D eigenvalue weighted by Gasteiger charge is -2.22. The van der Waals surface area contributed by atoms with Gasteiger partial charge in [0.05, 0.1) is 0 Å². The maximum absolute atomic E-state index is 13.0. The number of hydrogen-bond donors (Lipinski definition) is 2. The fourth-order valence-electron chi connectivity index (χ4n) is 4.03. The molecule has 2 aromatic carbocycles. The maximum atomic E-state index is 13.0. The number of aryl methyl sites for hydroxylation is 1. The van der Waals surface area contributed by atoms with Crippen molar-refractivity contribution in [3.63, 3.8) is 0 Å². The van der Waals surface area contributed by atoms with E-state index in [9.17, 15) is 14.4 Å². The normalized spacial score (nSPS) is 20.2. The predicted molar refractivity (Wildman–Crippen MR) is 117 cm³/mol. The van der Waals surface area contributed by atoms with E-state index in [4.69, 9.17) is 9.47 Å². The molecule has 32 heavy (non-hydrogen) atoms. The Morgan fingerprint density at radius 3 is 2.66 bits per heavy atom. The Kier molecular flexibility index (Phi) is 6.03. The van der Waals surface area contributed by atoms with Crippen LogP contribution in [0, 0.1) is 0 Å². The summed E-state index contributed by atoms with van der Waals surface area (Å²) < 4.78 is 10.7. The summed E-state index contributed by atoms with van der Waals surface area (Å²) in [5, 5.41) is 5.62. The second-order valence-electron chi connectivity index (χ2n) is 8.51. The highest BCUT2D eigenvalue weighted by molar-refractivity contribution is 6.09. The summed E-state index contributed by atoms with van der Waals surface area (Å²) in [6.45, 7) is 3.43. The molecule has 0 radical (unpaired) electrons. The van der Waals surface area contributed by atoms with E-state index in [2.05, 4.69) is 10.6 Å².